The third-order valence-corrected chi connectivity index (χ3v) is 1.79. The zero-order valence-electron chi connectivity index (χ0n) is 8.23. The van der Waals surface area contributed by atoms with E-state index in [4.69, 9.17) is 4.43 Å². The molecule has 0 bridgehead atoms. The summed E-state index contributed by atoms with van der Waals surface area (Å²) in [5.74, 6) is 5.40. The third-order valence-electron chi connectivity index (χ3n) is 0.955. The smallest absolute Gasteiger partial charge is 0.304 e. The van der Waals surface area contributed by atoms with Crippen molar-refractivity contribution >= 4 is 14.3 Å². The first-order chi connectivity index (χ1) is 5.45. The van der Waals surface area contributed by atoms with Gasteiger partial charge in [0.15, 0.2) is 0 Å². The molecule has 0 spiro atoms. The lowest BCUT2D eigenvalue weighted by Crippen LogP contribution is -2.28. The molecular formula is C9H16O2Si. The molecule has 0 aromatic carbocycles. The van der Waals surface area contributed by atoms with Crippen LogP contribution in [0.15, 0.2) is 0 Å². The zero-order chi connectivity index (χ0) is 9.61. The summed E-state index contributed by atoms with van der Waals surface area (Å²) in [6.45, 7) is 7.91. The average Bonchev–Trinajstić information content (AvgIpc) is 1.84. The second-order valence-corrected chi connectivity index (χ2v) is 7.90. The van der Waals surface area contributed by atoms with Crippen LogP contribution in [0.2, 0.25) is 19.6 Å². The third kappa shape index (κ3) is 7.36. The maximum absolute atomic E-state index is 11.0. The first-order valence-corrected chi connectivity index (χ1v) is 7.54. The first-order valence-electron chi connectivity index (χ1n) is 4.13. The average molecular weight is 184 g/mol. The van der Waals surface area contributed by atoms with Crippen molar-refractivity contribution in [1.29, 1.82) is 0 Å². The fraction of sp³-hybridized carbons (Fsp3) is 0.667. The lowest BCUT2D eigenvalue weighted by Gasteiger charge is -2.15. The van der Waals surface area contributed by atoms with Crippen molar-refractivity contribution in [2.75, 3.05) is 0 Å². The molecule has 0 saturated heterocycles. The van der Waals surface area contributed by atoms with E-state index in [0.717, 1.165) is 6.42 Å². The minimum Gasteiger partial charge on any atom is -0.519 e. The minimum atomic E-state index is -1.70. The predicted octanol–water partition coefficient (Wildman–Crippen LogP) is 2.17. The number of carbonyl (C=O) groups excluding carboxylic acids is 1. The maximum atomic E-state index is 11.0. The molecule has 0 heterocycles. The Hall–Kier alpha value is -0.753. The van der Waals surface area contributed by atoms with Crippen LogP contribution in [-0.4, -0.2) is 14.3 Å². The Labute approximate surface area is 75.4 Å². The van der Waals surface area contributed by atoms with Crippen molar-refractivity contribution in [3.8, 4) is 11.8 Å². The summed E-state index contributed by atoms with van der Waals surface area (Å²) >= 11 is 0. The highest BCUT2D eigenvalue weighted by Crippen LogP contribution is 2.03. The Morgan fingerprint density at radius 1 is 1.33 bits per heavy atom. The molecule has 0 aliphatic heterocycles. The minimum absolute atomic E-state index is 0.185. The lowest BCUT2D eigenvalue weighted by molar-refractivity contribution is -0.133. The highest BCUT2D eigenvalue weighted by atomic mass is 28.4. The molecule has 0 unspecified atom stereocenters. The molecule has 0 N–H and O–H groups in total. The molecule has 0 rings (SSSR count). The van der Waals surface area contributed by atoms with Gasteiger partial charge in [-0.1, -0.05) is 12.8 Å². The molecule has 12 heavy (non-hydrogen) atoms. The van der Waals surface area contributed by atoms with Gasteiger partial charge in [0, 0.05) is 6.42 Å². The molecule has 68 valence electrons. The van der Waals surface area contributed by atoms with E-state index in [1.807, 2.05) is 26.6 Å². The van der Waals surface area contributed by atoms with E-state index in [0.29, 0.717) is 0 Å². The number of rotatable bonds is 2. The normalized spacial score (nSPS) is 10.0. The fourth-order valence-corrected chi connectivity index (χ4v) is 1.39. The molecule has 0 saturated carbocycles. The van der Waals surface area contributed by atoms with Crippen LogP contribution in [0.5, 0.6) is 0 Å². The molecular weight excluding hydrogens is 168 g/mol. The molecule has 0 atom stereocenters. The molecule has 0 aromatic rings. The standard InChI is InChI=1S/C9H16O2Si/c1-5-6-7-8-9(10)11-12(2,3)4/h5,8H2,1-4H3. The van der Waals surface area contributed by atoms with Crippen LogP contribution in [0.3, 0.4) is 0 Å². The number of hydrogen-bond acceptors (Lipinski definition) is 2. The first kappa shape index (κ1) is 11.2. The van der Waals surface area contributed by atoms with Gasteiger partial charge in [0.1, 0.15) is 6.42 Å². The van der Waals surface area contributed by atoms with Crippen LogP contribution in [-0.2, 0) is 9.22 Å². The van der Waals surface area contributed by atoms with Gasteiger partial charge in [0.05, 0.1) is 0 Å². The van der Waals surface area contributed by atoms with E-state index in [2.05, 4.69) is 11.8 Å². The molecule has 0 amide bonds. The van der Waals surface area contributed by atoms with Gasteiger partial charge in [-0.3, -0.25) is 4.79 Å². The molecule has 0 aliphatic rings. The summed E-state index contributed by atoms with van der Waals surface area (Å²) in [4.78, 5) is 11.0. The quantitative estimate of drug-likeness (QED) is 0.485. The van der Waals surface area contributed by atoms with E-state index in [1.54, 1.807) is 0 Å². The van der Waals surface area contributed by atoms with Crippen LogP contribution in [0.25, 0.3) is 0 Å². The highest BCUT2D eigenvalue weighted by molar-refractivity contribution is 6.71. The summed E-state index contributed by atoms with van der Waals surface area (Å²) in [5, 5.41) is 0. The van der Waals surface area contributed by atoms with Crippen molar-refractivity contribution in [3.63, 3.8) is 0 Å². The Kier molecular flexibility index (Phi) is 4.68. The van der Waals surface area contributed by atoms with Gasteiger partial charge in [-0.2, -0.15) is 0 Å². The van der Waals surface area contributed by atoms with E-state index >= 15 is 0 Å². The summed E-state index contributed by atoms with van der Waals surface area (Å²) in [6, 6.07) is 0. The van der Waals surface area contributed by atoms with Crippen LogP contribution >= 0.6 is 0 Å². The van der Waals surface area contributed by atoms with Crippen molar-refractivity contribution in [2.45, 2.75) is 39.4 Å². The summed E-state index contributed by atoms with van der Waals surface area (Å²) in [5.41, 5.74) is 0. The predicted molar refractivity (Wildman–Crippen MR) is 52.1 cm³/mol. The maximum Gasteiger partial charge on any atom is 0.304 e. The van der Waals surface area contributed by atoms with Gasteiger partial charge in [0.25, 0.3) is 0 Å². The van der Waals surface area contributed by atoms with Gasteiger partial charge in [-0.05, 0) is 19.6 Å². The van der Waals surface area contributed by atoms with Gasteiger partial charge < -0.3 is 4.43 Å². The van der Waals surface area contributed by atoms with Crippen molar-refractivity contribution in [3.05, 3.63) is 0 Å². The van der Waals surface area contributed by atoms with Crippen LogP contribution in [0, 0.1) is 11.8 Å². The van der Waals surface area contributed by atoms with E-state index in [1.165, 1.54) is 0 Å². The monoisotopic (exact) mass is 184 g/mol. The second-order valence-electron chi connectivity index (χ2n) is 3.47. The summed E-state index contributed by atoms with van der Waals surface area (Å²) < 4.78 is 5.18. The fourth-order valence-electron chi connectivity index (χ4n) is 0.637. The van der Waals surface area contributed by atoms with Crippen LogP contribution in [0.1, 0.15) is 19.8 Å². The molecule has 2 nitrogen and oxygen atoms in total. The largest absolute Gasteiger partial charge is 0.519 e. The summed E-state index contributed by atoms with van der Waals surface area (Å²) in [7, 11) is -1.70. The Balaban J connectivity index is 3.76. The van der Waals surface area contributed by atoms with Crippen molar-refractivity contribution in [1.82, 2.24) is 0 Å². The van der Waals surface area contributed by atoms with Gasteiger partial charge >= 0.3 is 5.97 Å². The van der Waals surface area contributed by atoms with E-state index < -0.39 is 8.32 Å². The zero-order valence-corrected chi connectivity index (χ0v) is 9.23. The molecule has 0 radical (unpaired) electrons. The summed E-state index contributed by atoms with van der Waals surface area (Å²) in [6.07, 6.45) is 1.03. The molecule has 3 heteroatoms. The number of hydrogen-bond donors (Lipinski definition) is 0. The van der Waals surface area contributed by atoms with Crippen molar-refractivity contribution in [2.24, 2.45) is 0 Å². The van der Waals surface area contributed by atoms with Gasteiger partial charge in [0.2, 0.25) is 8.32 Å². The lowest BCUT2D eigenvalue weighted by atomic mass is 10.4. The Morgan fingerprint density at radius 3 is 2.33 bits per heavy atom. The van der Waals surface area contributed by atoms with Crippen LogP contribution in [0.4, 0.5) is 0 Å². The topological polar surface area (TPSA) is 26.3 Å². The second kappa shape index (κ2) is 4.99. The van der Waals surface area contributed by atoms with Gasteiger partial charge in [-0.15, -0.1) is 5.92 Å². The van der Waals surface area contributed by atoms with Crippen molar-refractivity contribution < 1.29 is 9.22 Å². The Morgan fingerprint density at radius 2 is 1.92 bits per heavy atom. The van der Waals surface area contributed by atoms with Crippen LogP contribution < -0.4 is 0 Å². The van der Waals surface area contributed by atoms with E-state index in [9.17, 15) is 4.79 Å². The molecule has 0 fully saturated rings. The molecule has 0 aliphatic carbocycles. The van der Waals surface area contributed by atoms with Gasteiger partial charge in [-0.25, -0.2) is 0 Å². The Bertz CT molecular complexity index is 205. The number of carbonyl (C=O) groups is 1. The SMILES string of the molecule is CCC#CCC(=O)O[Si](C)(C)C. The van der Waals surface area contributed by atoms with E-state index in [-0.39, 0.29) is 12.4 Å². The highest BCUT2D eigenvalue weighted by Gasteiger charge is 2.18. The molecule has 0 aromatic heterocycles.